The molecule has 2 nitrogen and oxygen atoms in total. The summed E-state index contributed by atoms with van der Waals surface area (Å²) in [5.74, 6) is 0. The molecule has 274 valence electrons. The van der Waals surface area contributed by atoms with Gasteiger partial charge in [-0.1, -0.05) is 140 Å². The van der Waals surface area contributed by atoms with Crippen LogP contribution < -0.4 is 0 Å². The van der Waals surface area contributed by atoms with E-state index in [0.29, 0.717) is 0 Å². The third-order valence-corrected chi connectivity index (χ3v) is 13.6. The van der Waals surface area contributed by atoms with E-state index >= 15 is 0 Å². The van der Waals surface area contributed by atoms with Gasteiger partial charge < -0.3 is 9.13 Å². The molecular formula is C56H34N2S. The summed E-state index contributed by atoms with van der Waals surface area (Å²) in [5.41, 5.74) is 12.1. The highest BCUT2D eigenvalue weighted by Crippen LogP contribution is 2.42. The third-order valence-electron chi connectivity index (χ3n) is 12.5. The van der Waals surface area contributed by atoms with Gasteiger partial charge in [-0.2, -0.15) is 0 Å². The molecule has 3 aromatic heterocycles. The molecule has 13 rings (SSSR count). The Morgan fingerprint density at radius 1 is 0.271 bits per heavy atom. The van der Waals surface area contributed by atoms with Crippen LogP contribution in [0, 0.1) is 0 Å². The predicted octanol–water partition coefficient (Wildman–Crippen LogP) is 15.9. The molecule has 3 heterocycles. The van der Waals surface area contributed by atoms with Gasteiger partial charge in [0.05, 0.1) is 22.1 Å². The number of para-hydroxylation sites is 1. The number of hydrogen-bond donors (Lipinski definition) is 0. The lowest BCUT2D eigenvalue weighted by atomic mass is 10.00. The molecule has 0 aliphatic rings. The van der Waals surface area contributed by atoms with Crippen LogP contribution in [0.3, 0.4) is 0 Å². The Hall–Kier alpha value is -7.46. The quantitative estimate of drug-likeness (QED) is 0.169. The minimum absolute atomic E-state index is 1.16. The van der Waals surface area contributed by atoms with Crippen LogP contribution in [-0.2, 0) is 0 Å². The summed E-state index contributed by atoms with van der Waals surface area (Å²) < 4.78 is 7.55. The van der Waals surface area contributed by atoms with Crippen LogP contribution in [0.2, 0.25) is 0 Å². The summed E-state index contributed by atoms with van der Waals surface area (Å²) in [5, 5.41) is 12.7. The minimum Gasteiger partial charge on any atom is -0.309 e. The van der Waals surface area contributed by atoms with Crippen molar-refractivity contribution in [3.8, 4) is 33.6 Å². The lowest BCUT2D eigenvalue weighted by molar-refractivity contribution is 1.18. The van der Waals surface area contributed by atoms with Crippen molar-refractivity contribution < 1.29 is 0 Å². The van der Waals surface area contributed by atoms with Crippen LogP contribution in [0.15, 0.2) is 206 Å². The zero-order valence-corrected chi connectivity index (χ0v) is 32.7. The molecule has 13 aromatic rings. The van der Waals surface area contributed by atoms with E-state index in [-0.39, 0.29) is 0 Å². The van der Waals surface area contributed by atoms with Crippen LogP contribution in [0.1, 0.15) is 0 Å². The van der Waals surface area contributed by atoms with Crippen molar-refractivity contribution in [3.63, 3.8) is 0 Å². The van der Waals surface area contributed by atoms with E-state index in [2.05, 4.69) is 215 Å². The minimum atomic E-state index is 1.16. The highest BCUT2D eigenvalue weighted by molar-refractivity contribution is 7.25. The zero-order valence-electron chi connectivity index (χ0n) is 31.9. The second-order valence-electron chi connectivity index (χ2n) is 15.7. The SMILES string of the molecule is c1cc(-c2ccc3ccccc3c2)cc(-n2c3ccccc3c3cc(-c4ccc5c(c4)c4ccc6ccccc6c4n5-c4ccc5c(c4)sc4ccccc45)ccc32)c1. The van der Waals surface area contributed by atoms with Crippen LogP contribution >= 0.6 is 11.3 Å². The second kappa shape index (κ2) is 12.5. The lowest BCUT2D eigenvalue weighted by Gasteiger charge is -2.11. The molecule has 0 saturated heterocycles. The van der Waals surface area contributed by atoms with Crippen LogP contribution in [0.5, 0.6) is 0 Å². The maximum Gasteiger partial charge on any atom is 0.0619 e. The monoisotopic (exact) mass is 766 g/mol. The normalized spacial score (nSPS) is 12.1. The number of benzene rings is 10. The first-order valence-electron chi connectivity index (χ1n) is 20.2. The maximum atomic E-state index is 2.49. The van der Waals surface area contributed by atoms with Gasteiger partial charge in [0.2, 0.25) is 0 Å². The van der Waals surface area contributed by atoms with E-state index in [1.165, 1.54) is 113 Å². The van der Waals surface area contributed by atoms with E-state index in [9.17, 15) is 0 Å². The molecule has 0 radical (unpaired) electrons. The molecular weight excluding hydrogens is 733 g/mol. The highest BCUT2D eigenvalue weighted by atomic mass is 32.1. The van der Waals surface area contributed by atoms with Gasteiger partial charge in [0, 0.05) is 58.5 Å². The van der Waals surface area contributed by atoms with Gasteiger partial charge in [0.15, 0.2) is 0 Å². The Morgan fingerprint density at radius 3 is 1.71 bits per heavy atom. The van der Waals surface area contributed by atoms with E-state index in [4.69, 9.17) is 0 Å². The Bertz CT molecular complexity index is 3860. The van der Waals surface area contributed by atoms with Gasteiger partial charge in [-0.15, -0.1) is 11.3 Å². The first-order valence-corrected chi connectivity index (χ1v) is 21.1. The Morgan fingerprint density at radius 2 is 0.847 bits per heavy atom. The third kappa shape index (κ3) is 4.92. The maximum absolute atomic E-state index is 2.49. The predicted molar refractivity (Wildman–Crippen MR) is 254 cm³/mol. The van der Waals surface area contributed by atoms with Crippen LogP contribution in [-0.4, -0.2) is 9.13 Å². The number of thiophene rings is 1. The summed E-state index contributed by atoms with van der Waals surface area (Å²) in [6.07, 6.45) is 0. The Labute approximate surface area is 344 Å². The molecule has 0 bridgehead atoms. The number of rotatable bonds is 4. The standard InChI is InChI=1S/C56H34N2S/c1-2-12-37-30-39(21-20-35(37)10-1)38-13-9-14-42(31-38)57-51-18-7-5-16-45(51)49-32-40(23-28-52(49)57)41-24-29-53-50(33-41)48-26-22-36-11-3-4-15-44(36)56(48)58(53)43-25-27-47-46-17-6-8-19-54(46)59-55(47)34-43/h1-34H. The number of fused-ring (bicyclic) bond motifs is 12. The smallest absolute Gasteiger partial charge is 0.0619 e. The van der Waals surface area contributed by atoms with Crippen molar-refractivity contribution >= 4 is 96.7 Å². The second-order valence-corrected chi connectivity index (χ2v) is 16.8. The molecule has 0 atom stereocenters. The van der Waals surface area contributed by atoms with Gasteiger partial charge >= 0.3 is 0 Å². The van der Waals surface area contributed by atoms with Gasteiger partial charge in [0.1, 0.15) is 0 Å². The van der Waals surface area contributed by atoms with Crippen molar-refractivity contribution in [2.45, 2.75) is 0 Å². The first kappa shape index (κ1) is 32.6. The van der Waals surface area contributed by atoms with Crippen molar-refractivity contribution in [1.82, 2.24) is 9.13 Å². The summed E-state index contributed by atoms with van der Waals surface area (Å²) in [6.45, 7) is 0. The molecule has 0 aliphatic carbocycles. The molecule has 0 amide bonds. The highest BCUT2D eigenvalue weighted by Gasteiger charge is 2.19. The molecule has 0 unspecified atom stereocenters. The number of nitrogens with zero attached hydrogens (tertiary/aromatic N) is 2. The molecule has 3 heteroatoms. The molecule has 10 aromatic carbocycles. The summed E-state index contributed by atoms with van der Waals surface area (Å²) >= 11 is 1.87. The summed E-state index contributed by atoms with van der Waals surface area (Å²) in [7, 11) is 0. The molecule has 0 fully saturated rings. The molecule has 59 heavy (non-hydrogen) atoms. The van der Waals surface area contributed by atoms with E-state index in [0.717, 1.165) is 5.69 Å². The van der Waals surface area contributed by atoms with Gasteiger partial charge in [-0.05, 0) is 105 Å². The van der Waals surface area contributed by atoms with E-state index in [1.807, 2.05) is 11.3 Å². The zero-order chi connectivity index (χ0) is 38.6. The van der Waals surface area contributed by atoms with Crippen molar-refractivity contribution in [3.05, 3.63) is 206 Å². The van der Waals surface area contributed by atoms with E-state index in [1.54, 1.807) is 0 Å². The van der Waals surface area contributed by atoms with Gasteiger partial charge in [-0.3, -0.25) is 0 Å². The lowest BCUT2D eigenvalue weighted by Crippen LogP contribution is -1.94. The number of hydrogen-bond acceptors (Lipinski definition) is 1. The Balaban J connectivity index is 0.980. The summed E-state index contributed by atoms with van der Waals surface area (Å²) in [6, 6.07) is 76.3. The summed E-state index contributed by atoms with van der Waals surface area (Å²) in [4.78, 5) is 0. The largest absolute Gasteiger partial charge is 0.309 e. The number of aromatic nitrogens is 2. The Kier molecular flexibility index (Phi) is 6.92. The molecule has 0 spiro atoms. The van der Waals surface area contributed by atoms with Crippen molar-refractivity contribution in [2.24, 2.45) is 0 Å². The topological polar surface area (TPSA) is 9.86 Å². The van der Waals surface area contributed by atoms with Crippen LogP contribution in [0.25, 0.3) is 119 Å². The van der Waals surface area contributed by atoms with Gasteiger partial charge in [-0.25, -0.2) is 0 Å². The average molecular weight is 767 g/mol. The first-order chi connectivity index (χ1) is 29.2. The van der Waals surface area contributed by atoms with E-state index < -0.39 is 0 Å². The fourth-order valence-corrected chi connectivity index (χ4v) is 10.8. The average Bonchev–Trinajstić information content (AvgIpc) is 3.96. The molecule has 0 saturated carbocycles. The fourth-order valence-electron chi connectivity index (χ4n) is 9.71. The fraction of sp³-hybridized carbons (Fsp3) is 0. The van der Waals surface area contributed by atoms with Crippen molar-refractivity contribution in [1.29, 1.82) is 0 Å². The van der Waals surface area contributed by atoms with Gasteiger partial charge in [0.25, 0.3) is 0 Å². The van der Waals surface area contributed by atoms with Crippen LogP contribution in [0.4, 0.5) is 0 Å². The molecule has 0 N–H and O–H groups in total. The molecule has 0 aliphatic heterocycles. The van der Waals surface area contributed by atoms with Crippen molar-refractivity contribution in [2.75, 3.05) is 0 Å².